The van der Waals surface area contributed by atoms with Crippen LogP contribution in [0.5, 0.6) is 0 Å². The van der Waals surface area contributed by atoms with E-state index < -0.39 is 0 Å². The molecule has 3 heteroatoms. The summed E-state index contributed by atoms with van der Waals surface area (Å²) in [4.78, 5) is 2.30. The molecule has 1 rings (SSSR count). The molecule has 0 aromatic carbocycles. The molecule has 1 aliphatic heterocycles. The van der Waals surface area contributed by atoms with Crippen molar-refractivity contribution in [3.8, 4) is 0 Å². The average molecular weight is 158 g/mol. The summed E-state index contributed by atoms with van der Waals surface area (Å²) >= 11 is 0. The van der Waals surface area contributed by atoms with E-state index in [2.05, 4.69) is 11.8 Å². The smallest absolute Gasteiger partial charge is 0.0558 e. The number of hydrogen-bond donors (Lipinski definition) is 2. The second-order valence-corrected chi connectivity index (χ2v) is 3.39. The number of nitrogens with zero attached hydrogens (tertiary/aromatic N) is 1. The summed E-state index contributed by atoms with van der Waals surface area (Å²) in [5, 5.41) is 8.73. The second-order valence-electron chi connectivity index (χ2n) is 3.39. The van der Waals surface area contributed by atoms with Crippen molar-refractivity contribution in [2.45, 2.75) is 31.8 Å². The number of rotatable bonds is 2. The van der Waals surface area contributed by atoms with Crippen LogP contribution >= 0.6 is 0 Å². The van der Waals surface area contributed by atoms with Gasteiger partial charge in [0.25, 0.3) is 0 Å². The highest BCUT2D eigenvalue weighted by Gasteiger charge is 2.21. The molecule has 1 aliphatic rings. The van der Waals surface area contributed by atoms with Crippen LogP contribution in [0.1, 0.15) is 19.8 Å². The summed E-state index contributed by atoms with van der Waals surface area (Å²) in [5.74, 6) is 0. The summed E-state index contributed by atoms with van der Waals surface area (Å²) in [6.45, 7) is 4.28. The van der Waals surface area contributed by atoms with Crippen molar-refractivity contribution in [1.29, 1.82) is 0 Å². The molecule has 0 bridgehead atoms. The summed E-state index contributed by atoms with van der Waals surface area (Å²) in [7, 11) is 0. The number of hydrogen-bond acceptors (Lipinski definition) is 3. The molecule has 0 aromatic rings. The van der Waals surface area contributed by atoms with E-state index in [-0.39, 0.29) is 6.61 Å². The molecule has 0 radical (unpaired) electrons. The van der Waals surface area contributed by atoms with Crippen molar-refractivity contribution in [1.82, 2.24) is 4.90 Å². The van der Waals surface area contributed by atoms with Gasteiger partial charge in [0.1, 0.15) is 0 Å². The Hall–Kier alpha value is -0.120. The zero-order chi connectivity index (χ0) is 8.27. The predicted octanol–water partition coefficient (Wildman–Crippen LogP) is -0.210. The molecule has 0 aromatic heterocycles. The van der Waals surface area contributed by atoms with Crippen molar-refractivity contribution < 1.29 is 5.11 Å². The van der Waals surface area contributed by atoms with E-state index in [1.807, 2.05) is 0 Å². The van der Waals surface area contributed by atoms with Crippen LogP contribution < -0.4 is 5.73 Å². The summed E-state index contributed by atoms with van der Waals surface area (Å²) in [6, 6.07) is 0.922. The fourth-order valence-electron chi connectivity index (χ4n) is 1.72. The zero-order valence-electron chi connectivity index (χ0n) is 7.16. The Bertz CT molecular complexity index is 119. The lowest BCUT2D eigenvalue weighted by Crippen LogP contribution is -2.46. The molecule has 2 unspecified atom stereocenters. The Morgan fingerprint density at radius 3 is 2.91 bits per heavy atom. The molecule has 1 fully saturated rings. The van der Waals surface area contributed by atoms with Crippen molar-refractivity contribution >= 4 is 0 Å². The predicted molar refractivity (Wildman–Crippen MR) is 45.3 cm³/mol. The largest absolute Gasteiger partial charge is 0.395 e. The van der Waals surface area contributed by atoms with Crippen LogP contribution in [0, 0.1) is 0 Å². The molecule has 0 spiro atoms. The topological polar surface area (TPSA) is 49.5 Å². The Balaban J connectivity index is 2.31. The van der Waals surface area contributed by atoms with Gasteiger partial charge in [-0.1, -0.05) is 0 Å². The van der Waals surface area contributed by atoms with E-state index in [0.29, 0.717) is 12.1 Å². The Morgan fingerprint density at radius 1 is 1.64 bits per heavy atom. The second kappa shape index (κ2) is 4.04. The minimum Gasteiger partial charge on any atom is -0.395 e. The van der Waals surface area contributed by atoms with Gasteiger partial charge in [0.2, 0.25) is 0 Å². The van der Waals surface area contributed by atoms with Crippen LogP contribution in [0.4, 0.5) is 0 Å². The van der Waals surface area contributed by atoms with Gasteiger partial charge in [-0.05, 0) is 26.3 Å². The number of likely N-dealkylation sites (tertiary alicyclic amines) is 1. The van der Waals surface area contributed by atoms with Crippen LogP contribution in [0.25, 0.3) is 0 Å². The van der Waals surface area contributed by atoms with Gasteiger partial charge in [0.05, 0.1) is 6.61 Å². The maximum absolute atomic E-state index is 8.73. The van der Waals surface area contributed by atoms with Gasteiger partial charge in [-0.25, -0.2) is 0 Å². The van der Waals surface area contributed by atoms with Crippen molar-refractivity contribution in [2.24, 2.45) is 5.73 Å². The third kappa shape index (κ3) is 2.43. The number of nitrogens with two attached hydrogens (primary N) is 1. The van der Waals surface area contributed by atoms with Crippen molar-refractivity contribution in [3.05, 3.63) is 0 Å². The lowest BCUT2D eigenvalue weighted by molar-refractivity contribution is 0.117. The van der Waals surface area contributed by atoms with E-state index >= 15 is 0 Å². The van der Waals surface area contributed by atoms with E-state index in [4.69, 9.17) is 10.8 Å². The monoisotopic (exact) mass is 158 g/mol. The zero-order valence-corrected chi connectivity index (χ0v) is 7.16. The maximum Gasteiger partial charge on any atom is 0.0558 e. The number of aliphatic hydroxyl groups excluding tert-OH is 1. The van der Waals surface area contributed by atoms with Gasteiger partial charge in [0.15, 0.2) is 0 Å². The van der Waals surface area contributed by atoms with Crippen LogP contribution in [0.15, 0.2) is 0 Å². The summed E-state index contributed by atoms with van der Waals surface area (Å²) in [5.41, 5.74) is 5.79. The quantitative estimate of drug-likeness (QED) is 0.584. The van der Waals surface area contributed by atoms with Gasteiger partial charge in [-0.15, -0.1) is 0 Å². The first-order valence-electron chi connectivity index (χ1n) is 4.34. The number of piperidine rings is 1. The SMILES string of the molecule is CC1CC(N)CCN1CCO. The standard InChI is InChI=1S/C8H18N2O/c1-7-6-8(9)2-3-10(7)4-5-11/h7-8,11H,2-6,9H2,1H3. The molecule has 0 aliphatic carbocycles. The minimum atomic E-state index is 0.263. The van der Waals surface area contributed by atoms with Crippen LogP contribution in [0.3, 0.4) is 0 Å². The molecular formula is C8H18N2O. The molecular weight excluding hydrogens is 140 g/mol. The third-order valence-corrected chi connectivity index (χ3v) is 2.44. The first-order valence-corrected chi connectivity index (χ1v) is 4.34. The molecule has 1 heterocycles. The average Bonchev–Trinajstić information content (AvgIpc) is 1.95. The van der Waals surface area contributed by atoms with Gasteiger partial charge in [-0.3, -0.25) is 4.90 Å². The maximum atomic E-state index is 8.73. The normalized spacial score (nSPS) is 34.1. The molecule has 66 valence electrons. The summed E-state index contributed by atoms with van der Waals surface area (Å²) < 4.78 is 0. The lowest BCUT2D eigenvalue weighted by atomic mass is 9.99. The Labute approximate surface area is 68.2 Å². The van der Waals surface area contributed by atoms with Gasteiger partial charge in [0, 0.05) is 18.6 Å². The highest BCUT2D eigenvalue weighted by Crippen LogP contribution is 2.14. The van der Waals surface area contributed by atoms with Crippen LogP contribution in [-0.2, 0) is 0 Å². The minimum absolute atomic E-state index is 0.263. The van der Waals surface area contributed by atoms with Crippen LogP contribution in [-0.4, -0.2) is 41.8 Å². The van der Waals surface area contributed by atoms with Gasteiger partial charge in [-0.2, -0.15) is 0 Å². The van der Waals surface area contributed by atoms with E-state index in [0.717, 1.165) is 25.9 Å². The molecule has 0 saturated carbocycles. The lowest BCUT2D eigenvalue weighted by Gasteiger charge is -2.35. The number of β-amino-alcohol motifs (C(OH)–C–C–N with tert-alkyl or cyclic N) is 1. The van der Waals surface area contributed by atoms with Gasteiger partial charge < -0.3 is 10.8 Å². The summed E-state index contributed by atoms with van der Waals surface area (Å²) in [6.07, 6.45) is 2.14. The van der Waals surface area contributed by atoms with Gasteiger partial charge >= 0.3 is 0 Å². The third-order valence-electron chi connectivity index (χ3n) is 2.44. The Morgan fingerprint density at radius 2 is 2.36 bits per heavy atom. The molecule has 0 amide bonds. The molecule has 11 heavy (non-hydrogen) atoms. The van der Waals surface area contributed by atoms with Crippen molar-refractivity contribution in [2.75, 3.05) is 19.7 Å². The molecule has 3 nitrogen and oxygen atoms in total. The van der Waals surface area contributed by atoms with E-state index in [9.17, 15) is 0 Å². The number of aliphatic hydroxyl groups is 1. The molecule has 3 N–H and O–H groups in total. The highest BCUT2D eigenvalue weighted by atomic mass is 16.3. The fraction of sp³-hybridized carbons (Fsp3) is 1.00. The van der Waals surface area contributed by atoms with Crippen molar-refractivity contribution in [3.63, 3.8) is 0 Å². The van der Waals surface area contributed by atoms with E-state index in [1.165, 1.54) is 0 Å². The van der Waals surface area contributed by atoms with E-state index in [1.54, 1.807) is 0 Å². The highest BCUT2D eigenvalue weighted by molar-refractivity contribution is 4.80. The molecule has 2 atom stereocenters. The Kier molecular flexibility index (Phi) is 3.30. The van der Waals surface area contributed by atoms with Crippen LogP contribution in [0.2, 0.25) is 0 Å². The first kappa shape index (κ1) is 8.97. The fourth-order valence-corrected chi connectivity index (χ4v) is 1.72. The first-order chi connectivity index (χ1) is 5.24. The molecule has 1 saturated heterocycles.